The van der Waals surface area contributed by atoms with Crippen molar-refractivity contribution in [3.8, 4) is 5.19 Å². The van der Waals surface area contributed by atoms with Gasteiger partial charge in [-0.1, -0.05) is 11.3 Å². The molecular weight excluding hydrogens is 264 g/mol. The average molecular weight is 284 g/mol. The largest absolute Gasteiger partial charge is 0.411 e. The highest BCUT2D eigenvalue weighted by atomic mass is 32.1. The number of amides is 1. The van der Waals surface area contributed by atoms with E-state index in [1.54, 1.807) is 0 Å². The molecule has 1 aliphatic heterocycles. The normalized spacial score (nSPS) is 17.8. The van der Waals surface area contributed by atoms with Crippen molar-refractivity contribution in [2.24, 2.45) is 5.73 Å². The third kappa shape index (κ3) is 4.15. The van der Waals surface area contributed by atoms with Gasteiger partial charge < -0.3 is 15.4 Å². The van der Waals surface area contributed by atoms with Gasteiger partial charge >= 0.3 is 6.09 Å². The van der Waals surface area contributed by atoms with Gasteiger partial charge in [0.1, 0.15) is 0 Å². The maximum absolute atomic E-state index is 10.6. The third-order valence-corrected chi connectivity index (χ3v) is 4.16. The Hall–Kier alpha value is -1.18. The predicted octanol–water partition coefficient (Wildman–Crippen LogP) is 1.13. The second-order valence-electron chi connectivity index (χ2n) is 5.00. The van der Waals surface area contributed by atoms with Gasteiger partial charge in [-0.05, 0) is 26.9 Å². The summed E-state index contributed by atoms with van der Waals surface area (Å²) in [5, 5.41) is 2.24. The van der Waals surface area contributed by atoms with E-state index in [-0.39, 0.29) is 0 Å². The highest BCUT2D eigenvalue weighted by Gasteiger charge is 2.21. The molecular formula is C12H20N4O2S. The molecule has 0 unspecified atom stereocenters. The van der Waals surface area contributed by atoms with Gasteiger partial charge in [-0.15, -0.1) is 0 Å². The van der Waals surface area contributed by atoms with Crippen LogP contribution in [0.1, 0.15) is 18.5 Å². The molecule has 0 radical (unpaired) electrons. The Morgan fingerprint density at radius 1 is 1.58 bits per heavy atom. The number of carbonyl (C=O) groups is 1. The Bertz CT molecular complexity index is 427. The first-order valence-electron chi connectivity index (χ1n) is 6.35. The van der Waals surface area contributed by atoms with Gasteiger partial charge in [0.05, 0.1) is 5.69 Å². The van der Waals surface area contributed by atoms with Crippen molar-refractivity contribution in [1.82, 2.24) is 14.8 Å². The Morgan fingerprint density at radius 2 is 2.26 bits per heavy atom. The van der Waals surface area contributed by atoms with Crippen molar-refractivity contribution < 1.29 is 9.53 Å². The smallest absolute Gasteiger partial charge is 0.381 e. The van der Waals surface area contributed by atoms with Crippen molar-refractivity contribution >= 4 is 17.4 Å². The summed E-state index contributed by atoms with van der Waals surface area (Å²) in [6, 6.07) is 0.681. The molecule has 2 heterocycles. The minimum Gasteiger partial charge on any atom is -0.381 e. The van der Waals surface area contributed by atoms with E-state index in [4.69, 9.17) is 10.5 Å². The van der Waals surface area contributed by atoms with Gasteiger partial charge in [0.15, 0.2) is 0 Å². The minimum absolute atomic E-state index is 0.325. The lowest BCUT2D eigenvalue weighted by molar-refractivity contribution is 0.139. The van der Waals surface area contributed by atoms with E-state index in [0.29, 0.717) is 11.2 Å². The molecule has 0 aromatic carbocycles. The molecule has 0 saturated carbocycles. The number of primary amides is 1. The molecule has 1 aromatic heterocycles. The standard InChI is InChI=1S/C12H20N4O2S/c1-15(2)10-3-5-16(6-4-10)7-9-8-19-12(14-9)18-11(13)17/h8,10H,3-7H2,1-2H3,(H2,13,17). The average Bonchev–Trinajstić information content (AvgIpc) is 2.76. The number of thiazole rings is 1. The molecule has 19 heavy (non-hydrogen) atoms. The number of nitrogens with two attached hydrogens (primary N) is 1. The molecule has 1 aliphatic rings. The second-order valence-corrected chi connectivity index (χ2v) is 5.82. The molecule has 0 bridgehead atoms. The number of carbonyl (C=O) groups excluding carboxylic acids is 1. The quantitative estimate of drug-likeness (QED) is 0.897. The number of likely N-dealkylation sites (tertiary alicyclic amines) is 1. The fraction of sp³-hybridized carbons (Fsp3) is 0.667. The monoisotopic (exact) mass is 284 g/mol. The van der Waals surface area contributed by atoms with Crippen LogP contribution in [0.25, 0.3) is 0 Å². The number of rotatable bonds is 4. The van der Waals surface area contributed by atoms with E-state index in [9.17, 15) is 4.79 Å². The van der Waals surface area contributed by atoms with Crippen LogP contribution < -0.4 is 10.5 Å². The Kier molecular flexibility index (Phi) is 4.73. The summed E-state index contributed by atoms with van der Waals surface area (Å²) in [4.78, 5) is 19.5. The summed E-state index contributed by atoms with van der Waals surface area (Å²) >= 11 is 1.30. The molecule has 1 amide bonds. The Morgan fingerprint density at radius 3 is 2.84 bits per heavy atom. The van der Waals surface area contributed by atoms with Crippen LogP contribution in [0.4, 0.5) is 4.79 Å². The Balaban J connectivity index is 1.82. The number of nitrogens with zero attached hydrogens (tertiary/aromatic N) is 3. The lowest BCUT2D eigenvalue weighted by atomic mass is 10.0. The summed E-state index contributed by atoms with van der Waals surface area (Å²) in [6.07, 6.45) is 1.55. The van der Waals surface area contributed by atoms with E-state index in [0.717, 1.165) is 25.3 Å². The van der Waals surface area contributed by atoms with E-state index in [1.807, 2.05) is 5.38 Å². The van der Waals surface area contributed by atoms with Gasteiger partial charge in [-0.25, -0.2) is 9.78 Å². The van der Waals surface area contributed by atoms with Gasteiger partial charge in [0, 0.05) is 31.1 Å². The van der Waals surface area contributed by atoms with Gasteiger partial charge in [0.2, 0.25) is 0 Å². The first kappa shape index (κ1) is 14.2. The van der Waals surface area contributed by atoms with Gasteiger partial charge in [-0.3, -0.25) is 4.90 Å². The maximum Gasteiger partial charge on any atom is 0.411 e. The van der Waals surface area contributed by atoms with Crippen LogP contribution in [0.5, 0.6) is 5.19 Å². The number of hydrogen-bond donors (Lipinski definition) is 1. The zero-order valence-electron chi connectivity index (χ0n) is 11.3. The highest BCUT2D eigenvalue weighted by Crippen LogP contribution is 2.21. The van der Waals surface area contributed by atoms with Gasteiger partial charge in [0.25, 0.3) is 5.19 Å². The maximum atomic E-state index is 10.6. The minimum atomic E-state index is -0.812. The fourth-order valence-electron chi connectivity index (χ4n) is 2.32. The molecule has 0 spiro atoms. The second kappa shape index (κ2) is 6.31. The van der Waals surface area contributed by atoms with Crippen molar-refractivity contribution in [2.45, 2.75) is 25.4 Å². The van der Waals surface area contributed by atoms with Crippen LogP contribution in [0.15, 0.2) is 5.38 Å². The number of hydrogen-bond acceptors (Lipinski definition) is 6. The third-order valence-electron chi connectivity index (χ3n) is 3.39. The molecule has 7 heteroatoms. The lowest BCUT2D eigenvalue weighted by Gasteiger charge is -2.34. The first-order valence-corrected chi connectivity index (χ1v) is 7.23. The summed E-state index contributed by atoms with van der Waals surface area (Å²) in [5.74, 6) is 0. The van der Waals surface area contributed by atoms with Crippen molar-refractivity contribution in [3.63, 3.8) is 0 Å². The summed E-state index contributed by atoms with van der Waals surface area (Å²) in [5.41, 5.74) is 5.89. The SMILES string of the molecule is CN(C)C1CCN(Cc2csc(OC(N)=O)n2)CC1. The van der Waals surface area contributed by atoms with Gasteiger partial charge in [-0.2, -0.15) is 0 Å². The van der Waals surface area contributed by atoms with Crippen LogP contribution in [0.2, 0.25) is 0 Å². The molecule has 1 fully saturated rings. The molecule has 106 valence electrons. The van der Waals surface area contributed by atoms with Crippen LogP contribution in [0.3, 0.4) is 0 Å². The molecule has 2 N–H and O–H groups in total. The van der Waals surface area contributed by atoms with Crippen LogP contribution in [-0.2, 0) is 6.54 Å². The van der Waals surface area contributed by atoms with Crippen molar-refractivity contribution in [1.29, 1.82) is 0 Å². The van der Waals surface area contributed by atoms with Crippen molar-refractivity contribution in [2.75, 3.05) is 27.2 Å². The molecule has 1 aromatic rings. The molecule has 2 rings (SSSR count). The van der Waals surface area contributed by atoms with E-state index in [1.165, 1.54) is 24.2 Å². The van der Waals surface area contributed by atoms with E-state index in [2.05, 4.69) is 28.9 Å². The zero-order chi connectivity index (χ0) is 13.8. The highest BCUT2D eigenvalue weighted by molar-refractivity contribution is 7.11. The topological polar surface area (TPSA) is 71.7 Å². The van der Waals surface area contributed by atoms with E-state index < -0.39 is 6.09 Å². The molecule has 1 saturated heterocycles. The first-order chi connectivity index (χ1) is 9.04. The molecule has 6 nitrogen and oxygen atoms in total. The van der Waals surface area contributed by atoms with E-state index >= 15 is 0 Å². The molecule has 0 atom stereocenters. The van der Waals surface area contributed by atoms with Crippen molar-refractivity contribution in [3.05, 3.63) is 11.1 Å². The summed E-state index contributed by atoms with van der Waals surface area (Å²) in [7, 11) is 4.27. The summed E-state index contributed by atoms with van der Waals surface area (Å²) in [6.45, 7) is 2.96. The van der Waals surface area contributed by atoms with Crippen LogP contribution in [0, 0.1) is 0 Å². The predicted molar refractivity (Wildman–Crippen MR) is 74.3 cm³/mol. The number of ether oxygens (including phenoxy) is 1. The van der Waals surface area contributed by atoms with Crippen LogP contribution >= 0.6 is 11.3 Å². The zero-order valence-corrected chi connectivity index (χ0v) is 12.2. The molecule has 0 aliphatic carbocycles. The Labute approximate surface area is 117 Å². The number of aromatic nitrogens is 1. The fourth-order valence-corrected chi connectivity index (χ4v) is 2.98. The number of piperidine rings is 1. The summed E-state index contributed by atoms with van der Waals surface area (Å²) < 4.78 is 4.75. The van der Waals surface area contributed by atoms with Crippen LogP contribution in [-0.4, -0.2) is 54.1 Å². The lowest BCUT2D eigenvalue weighted by Crippen LogP contribution is -2.41.